The quantitative estimate of drug-likeness (QED) is 0.715. The lowest BCUT2D eigenvalue weighted by molar-refractivity contribution is -0.120. The molecular weight excluding hydrogens is 180 g/mol. The van der Waals surface area contributed by atoms with Gasteiger partial charge in [0.1, 0.15) is 0 Å². The van der Waals surface area contributed by atoms with Gasteiger partial charge in [-0.25, -0.2) is 0 Å². The van der Waals surface area contributed by atoms with E-state index in [9.17, 15) is 4.79 Å². The molecule has 1 heterocycles. The molecular formula is C10H14N2O2. The Morgan fingerprint density at radius 1 is 1.57 bits per heavy atom. The molecule has 0 unspecified atom stereocenters. The Hall–Kier alpha value is -1.42. The first-order valence-corrected chi connectivity index (χ1v) is 4.52. The van der Waals surface area contributed by atoms with Crippen molar-refractivity contribution in [3.05, 3.63) is 30.1 Å². The van der Waals surface area contributed by atoms with Gasteiger partial charge in [0, 0.05) is 18.9 Å². The van der Waals surface area contributed by atoms with Gasteiger partial charge in [-0.3, -0.25) is 9.78 Å². The number of pyridine rings is 1. The van der Waals surface area contributed by atoms with Crippen LogP contribution in [-0.2, 0) is 11.2 Å². The monoisotopic (exact) mass is 194 g/mol. The van der Waals surface area contributed by atoms with E-state index in [0.29, 0.717) is 13.0 Å². The zero-order valence-corrected chi connectivity index (χ0v) is 8.10. The summed E-state index contributed by atoms with van der Waals surface area (Å²) in [4.78, 5) is 15.1. The number of aliphatic hydroxyl groups excluding tert-OH is 1. The second kappa shape index (κ2) is 5.34. The van der Waals surface area contributed by atoms with Crippen molar-refractivity contribution in [3.8, 4) is 0 Å². The lowest BCUT2D eigenvalue weighted by atomic mass is 10.2. The van der Waals surface area contributed by atoms with Gasteiger partial charge in [0.25, 0.3) is 0 Å². The maximum absolute atomic E-state index is 11.3. The molecule has 0 fully saturated rings. The minimum Gasteiger partial charge on any atom is -0.392 e. The summed E-state index contributed by atoms with van der Waals surface area (Å²) in [5.74, 6) is -0.0860. The van der Waals surface area contributed by atoms with Crippen LogP contribution in [-0.4, -0.2) is 28.6 Å². The van der Waals surface area contributed by atoms with E-state index in [1.54, 1.807) is 31.5 Å². The van der Waals surface area contributed by atoms with Gasteiger partial charge in [0.2, 0.25) is 5.91 Å². The van der Waals surface area contributed by atoms with Crippen LogP contribution in [0, 0.1) is 0 Å². The largest absolute Gasteiger partial charge is 0.392 e. The number of carbonyl (C=O) groups excluding carboxylic acids is 1. The molecule has 0 aromatic carbocycles. The van der Waals surface area contributed by atoms with E-state index in [-0.39, 0.29) is 5.91 Å². The molecule has 1 rings (SSSR count). The predicted molar refractivity (Wildman–Crippen MR) is 52.6 cm³/mol. The van der Waals surface area contributed by atoms with Crippen molar-refractivity contribution in [1.82, 2.24) is 10.3 Å². The molecule has 0 saturated heterocycles. The number of nitrogens with one attached hydrogen (secondary N) is 1. The van der Waals surface area contributed by atoms with Crippen LogP contribution in [0.15, 0.2) is 24.5 Å². The highest BCUT2D eigenvalue weighted by Crippen LogP contribution is 1.96. The van der Waals surface area contributed by atoms with Crippen LogP contribution in [0.4, 0.5) is 0 Å². The maximum Gasteiger partial charge on any atom is 0.224 e. The standard InChI is InChI=1S/C10H14N2O2/c1-8(13)7-12-10(14)6-9-2-4-11-5-3-9/h2-5,8,13H,6-7H2,1H3,(H,12,14)/t8-/m1/s1. The van der Waals surface area contributed by atoms with Crippen LogP contribution in [0.2, 0.25) is 0 Å². The Balaban J connectivity index is 2.35. The summed E-state index contributed by atoms with van der Waals surface area (Å²) in [6.45, 7) is 1.93. The third kappa shape index (κ3) is 4.00. The molecule has 0 saturated carbocycles. The predicted octanol–water partition coefficient (Wildman–Crippen LogP) is 0.121. The first-order chi connectivity index (χ1) is 6.68. The fraction of sp³-hybridized carbons (Fsp3) is 0.400. The SMILES string of the molecule is C[C@@H](O)CNC(=O)Cc1ccncc1. The summed E-state index contributed by atoms with van der Waals surface area (Å²) < 4.78 is 0. The van der Waals surface area contributed by atoms with E-state index in [2.05, 4.69) is 10.3 Å². The number of amides is 1. The summed E-state index contributed by atoms with van der Waals surface area (Å²) in [5, 5.41) is 11.6. The molecule has 0 bridgehead atoms. The molecule has 1 amide bonds. The number of carbonyl (C=O) groups is 1. The van der Waals surface area contributed by atoms with Crippen molar-refractivity contribution in [1.29, 1.82) is 0 Å². The van der Waals surface area contributed by atoms with Crippen LogP contribution < -0.4 is 5.32 Å². The van der Waals surface area contributed by atoms with Crippen molar-refractivity contribution in [2.24, 2.45) is 0 Å². The zero-order valence-electron chi connectivity index (χ0n) is 8.10. The fourth-order valence-electron chi connectivity index (χ4n) is 1.01. The van der Waals surface area contributed by atoms with Gasteiger partial charge in [-0.15, -0.1) is 0 Å². The Labute approximate surface area is 83.0 Å². The second-order valence-electron chi connectivity index (χ2n) is 3.19. The number of nitrogens with zero attached hydrogens (tertiary/aromatic N) is 1. The van der Waals surface area contributed by atoms with Crippen LogP contribution in [0.1, 0.15) is 12.5 Å². The van der Waals surface area contributed by atoms with E-state index in [1.807, 2.05) is 0 Å². The summed E-state index contributed by atoms with van der Waals surface area (Å²) >= 11 is 0. The van der Waals surface area contributed by atoms with Crippen molar-refractivity contribution < 1.29 is 9.90 Å². The van der Waals surface area contributed by atoms with Gasteiger partial charge in [-0.1, -0.05) is 0 Å². The molecule has 1 atom stereocenters. The van der Waals surface area contributed by atoms with Crippen molar-refractivity contribution in [2.45, 2.75) is 19.4 Å². The molecule has 0 spiro atoms. The summed E-state index contributed by atoms with van der Waals surface area (Å²) in [6, 6.07) is 3.59. The molecule has 0 aliphatic heterocycles. The lowest BCUT2D eigenvalue weighted by Gasteiger charge is -2.06. The smallest absolute Gasteiger partial charge is 0.224 e. The second-order valence-corrected chi connectivity index (χ2v) is 3.19. The highest BCUT2D eigenvalue weighted by atomic mass is 16.3. The van der Waals surface area contributed by atoms with Crippen molar-refractivity contribution in [2.75, 3.05) is 6.54 Å². The molecule has 4 heteroatoms. The lowest BCUT2D eigenvalue weighted by Crippen LogP contribution is -2.31. The molecule has 76 valence electrons. The maximum atomic E-state index is 11.3. The van der Waals surface area contributed by atoms with E-state index in [0.717, 1.165) is 5.56 Å². The molecule has 1 aromatic rings. The van der Waals surface area contributed by atoms with Crippen LogP contribution in [0.25, 0.3) is 0 Å². The zero-order chi connectivity index (χ0) is 10.4. The summed E-state index contributed by atoms with van der Waals surface area (Å²) in [6.07, 6.45) is 3.13. The Bertz CT molecular complexity index is 285. The van der Waals surface area contributed by atoms with E-state index >= 15 is 0 Å². The van der Waals surface area contributed by atoms with Gasteiger partial charge >= 0.3 is 0 Å². The fourth-order valence-corrected chi connectivity index (χ4v) is 1.01. The molecule has 14 heavy (non-hydrogen) atoms. The molecule has 2 N–H and O–H groups in total. The third-order valence-corrected chi connectivity index (χ3v) is 1.71. The van der Waals surface area contributed by atoms with E-state index in [1.165, 1.54) is 0 Å². The molecule has 0 aliphatic carbocycles. The van der Waals surface area contributed by atoms with Crippen LogP contribution in [0.5, 0.6) is 0 Å². The van der Waals surface area contributed by atoms with Gasteiger partial charge in [0.15, 0.2) is 0 Å². The molecule has 4 nitrogen and oxygen atoms in total. The highest BCUT2D eigenvalue weighted by molar-refractivity contribution is 5.78. The number of rotatable bonds is 4. The minimum absolute atomic E-state index is 0.0860. The third-order valence-electron chi connectivity index (χ3n) is 1.71. The molecule has 0 radical (unpaired) electrons. The van der Waals surface area contributed by atoms with Crippen molar-refractivity contribution >= 4 is 5.91 Å². The Morgan fingerprint density at radius 2 is 2.21 bits per heavy atom. The molecule has 0 aliphatic rings. The summed E-state index contributed by atoms with van der Waals surface area (Å²) in [5.41, 5.74) is 0.920. The Morgan fingerprint density at radius 3 is 2.79 bits per heavy atom. The highest BCUT2D eigenvalue weighted by Gasteiger charge is 2.03. The van der Waals surface area contributed by atoms with Gasteiger partial charge in [-0.2, -0.15) is 0 Å². The van der Waals surface area contributed by atoms with Crippen molar-refractivity contribution in [3.63, 3.8) is 0 Å². The van der Waals surface area contributed by atoms with Gasteiger partial charge in [0.05, 0.1) is 12.5 Å². The topological polar surface area (TPSA) is 62.2 Å². The average Bonchev–Trinajstić information content (AvgIpc) is 2.16. The van der Waals surface area contributed by atoms with E-state index in [4.69, 9.17) is 5.11 Å². The van der Waals surface area contributed by atoms with Gasteiger partial charge < -0.3 is 10.4 Å². The number of hydrogen-bond acceptors (Lipinski definition) is 3. The Kier molecular flexibility index (Phi) is 4.07. The first kappa shape index (κ1) is 10.7. The molecule has 1 aromatic heterocycles. The number of hydrogen-bond donors (Lipinski definition) is 2. The number of aliphatic hydroxyl groups is 1. The van der Waals surface area contributed by atoms with Crippen LogP contribution in [0.3, 0.4) is 0 Å². The van der Waals surface area contributed by atoms with Gasteiger partial charge in [-0.05, 0) is 24.6 Å². The van der Waals surface area contributed by atoms with E-state index < -0.39 is 6.10 Å². The normalized spacial score (nSPS) is 12.1. The number of aromatic nitrogens is 1. The average molecular weight is 194 g/mol. The first-order valence-electron chi connectivity index (χ1n) is 4.52. The van der Waals surface area contributed by atoms with Crippen LogP contribution >= 0.6 is 0 Å². The minimum atomic E-state index is -0.503. The summed E-state index contributed by atoms with van der Waals surface area (Å²) in [7, 11) is 0.